The van der Waals surface area contributed by atoms with E-state index in [0.29, 0.717) is 11.8 Å². The lowest BCUT2D eigenvalue weighted by atomic mass is 9.99. The number of hydrogen-bond donors (Lipinski definition) is 1. The molecular formula is C15H23NO2. The molecule has 1 aromatic rings. The highest BCUT2D eigenvalue weighted by atomic mass is 16.7. The van der Waals surface area contributed by atoms with Crippen LogP contribution >= 0.6 is 0 Å². The van der Waals surface area contributed by atoms with E-state index in [2.05, 4.69) is 26.0 Å². The highest BCUT2D eigenvalue weighted by Crippen LogP contribution is 2.27. The zero-order valence-corrected chi connectivity index (χ0v) is 11.3. The van der Waals surface area contributed by atoms with Gasteiger partial charge in [-0.1, -0.05) is 32.4 Å². The SMILES string of the molecule is CCCC(C)C1OCC(c2ccc(N)cc2)CO1. The van der Waals surface area contributed by atoms with Gasteiger partial charge in [0.1, 0.15) is 0 Å². The van der Waals surface area contributed by atoms with Gasteiger partial charge >= 0.3 is 0 Å². The third kappa shape index (κ3) is 3.24. The van der Waals surface area contributed by atoms with Crippen molar-refractivity contribution in [2.75, 3.05) is 18.9 Å². The van der Waals surface area contributed by atoms with Gasteiger partial charge in [0.25, 0.3) is 0 Å². The Labute approximate surface area is 109 Å². The fourth-order valence-electron chi connectivity index (χ4n) is 2.40. The van der Waals surface area contributed by atoms with Crippen LogP contribution in [0.15, 0.2) is 24.3 Å². The molecule has 18 heavy (non-hydrogen) atoms. The van der Waals surface area contributed by atoms with Crippen LogP contribution in [0, 0.1) is 5.92 Å². The van der Waals surface area contributed by atoms with E-state index < -0.39 is 0 Å². The molecule has 0 saturated carbocycles. The summed E-state index contributed by atoms with van der Waals surface area (Å²) in [4.78, 5) is 0. The minimum Gasteiger partial charge on any atom is -0.399 e. The number of rotatable bonds is 4. The van der Waals surface area contributed by atoms with E-state index in [0.717, 1.165) is 25.3 Å². The molecule has 3 nitrogen and oxygen atoms in total. The minimum absolute atomic E-state index is 0.0324. The van der Waals surface area contributed by atoms with Gasteiger partial charge in [0, 0.05) is 17.5 Å². The van der Waals surface area contributed by atoms with Crippen LogP contribution in [0.5, 0.6) is 0 Å². The second-order valence-corrected chi connectivity index (χ2v) is 5.16. The van der Waals surface area contributed by atoms with Crippen LogP contribution in [0.3, 0.4) is 0 Å². The molecule has 2 rings (SSSR count). The number of anilines is 1. The van der Waals surface area contributed by atoms with Gasteiger partial charge in [-0.3, -0.25) is 0 Å². The van der Waals surface area contributed by atoms with Crippen LogP contribution in [0.4, 0.5) is 5.69 Å². The lowest BCUT2D eigenvalue weighted by molar-refractivity contribution is -0.210. The molecule has 1 aromatic carbocycles. The van der Waals surface area contributed by atoms with Crippen LogP contribution in [0.1, 0.15) is 38.2 Å². The Morgan fingerprint density at radius 3 is 2.39 bits per heavy atom. The van der Waals surface area contributed by atoms with E-state index in [1.54, 1.807) is 0 Å². The van der Waals surface area contributed by atoms with E-state index >= 15 is 0 Å². The Morgan fingerprint density at radius 1 is 1.22 bits per heavy atom. The summed E-state index contributed by atoms with van der Waals surface area (Å²) in [5, 5.41) is 0. The molecule has 1 saturated heterocycles. The summed E-state index contributed by atoms with van der Waals surface area (Å²) < 4.78 is 11.7. The second kappa shape index (κ2) is 6.21. The number of nitrogens with two attached hydrogens (primary N) is 1. The number of benzene rings is 1. The molecule has 3 heteroatoms. The smallest absolute Gasteiger partial charge is 0.160 e. The first-order chi connectivity index (χ1) is 8.70. The molecule has 0 bridgehead atoms. The van der Waals surface area contributed by atoms with Gasteiger partial charge in [-0.05, 0) is 24.1 Å². The zero-order valence-electron chi connectivity index (χ0n) is 11.3. The molecule has 1 aliphatic rings. The first-order valence-electron chi connectivity index (χ1n) is 6.79. The molecule has 0 aliphatic carbocycles. The Hall–Kier alpha value is -1.06. The largest absolute Gasteiger partial charge is 0.399 e. The summed E-state index contributed by atoms with van der Waals surface area (Å²) >= 11 is 0. The second-order valence-electron chi connectivity index (χ2n) is 5.16. The van der Waals surface area contributed by atoms with Gasteiger partial charge in [-0.25, -0.2) is 0 Å². The van der Waals surface area contributed by atoms with E-state index in [9.17, 15) is 0 Å². The van der Waals surface area contributed by atoms with Gasteiger partial charge in [0.2, 0.25) is 0 Å². The Morgan fingerprint density at radius 2 is 1.83 bits per heavy atom. The highest BCUT2D eigenvalue weighted by molar-refractivity contribution is 5.40. The number of nitrogen functional groups attached to an aromatic ring is 1. The van der Waals surface area contributed by atoms with Gasteiger partial charge in [-0.2, -0.15) is 0 Å². The van der Waals surface area contributed by atoms with Crippen molar-refractivity contribution < 1.29 is 9.47 Å². The van der Waals surface area contributed by atoms with Crippen molar-refractivity contribution in [1.29, 1.82) is 0 Å². The van der Waals surface area contributed by atoms with Gasteiger partial charge in [-0.15, -0.1) is 0 Å². The predicted molar refractivity (Wildman–Crippen MR) is 73.4 cm³/mol. The molecule has 0 amide bonds. The molecule has 0 aromatic heterocycles. The van der Waals surface area contributed by atoms with Crippen molar-refractivity contribution in [2.24, 2.45) is 5.92 Å². The standard InChI is InChI=1S/C15H23NO2/c1-3-4-11(2)15-17-9-13(10-18-15)12-5-7-14(16)8-6-12/h5-8,11,13,15H,3-4,9-10,16H2,1-2H3. The lowest BCUT2D eigenvalue weighted by Crippen LogP contribution is -2.35. The summed E-state index contributed by atoms with van der Waals surface area (Å²) in [5.41, 5.74) is 7.73. The molecule has 1 fully saturated rings. The maximum atomic E-state index is 5.84. The fraction of sp³-hybridized carbons (Fsp3) is 0.600. The maximum absolute atomic E-state index is 5.84. The third-order valence-electron chi connectivity index (χ3n) is 3.54. The molecule has 0 radical (unpaired) electrons. The molecule has 1 heterocycles. The highest BCUT2D eigenvalue weighted by Gasteiger charge is 2.26. The first kappa shape index (κ1) is 13.4. The van der Waals surface area contributed by atoms with Crippen LogP contribution in [0.2, 0.25) is 0 Å². The summed E-state index contributed by atoms with van der Waals surface area (Å²) in [6.07, 6.45) is 2.29. The average molecular weight is 249 g/mol. The third-order valence-corrected chi connectivity index (χ3v) is 3.54. The van der Waals surface area contributed by atoms with Crippen molar-refractivity contribution in [3.8, 4) is 0 Å². The van der Waals surface area contributed by atoms with Crippen LogP contribution < -0.4 is 5.73 Å². The molecule has 100 valence electrons. The summed E-state index contributed by atoms with van der Waals surface area (Å²) in [6, 6.07) is 7.98. The normalized spacial score (nSPS) is 25.9. The topological polar surface area (TPSA) is 44.5 Å². The van der Waals surface area contributed by atoms with Crippen LogP contribution in [0.25, 0.3) is 0 Å². The van der Waals surface area contributed by atoms with Crippen LogP contribution in [-0.4, -0.2) is 19.5 Å². The lowest BCUT2D eigenvalue weighted by Gasteiger charge is -2.33. The average Bonchev–Trinajstić information content (AvgIpc) is 2.40. The number of hydrogen-bond acceptors (Lipinski definition) is 3. The van der Waals surface area contributed by atoms with Gasteiger partial charge in [0.05, 0.1) is 13.2 Å². The van der Waals surface area contributed by atoms with Crippen molar-refractivity contribution in [3.63, 3.8) is 0 Å². The number of ether oxygens (including phenoxy) is 2. The Kier molecular flexibility index (Phi) is 4.61. The fourth-order valence-corrected chi connectivity index (χ4v) is 2.40. The summed E-state index contributed by atoms with van der Waals surface area (Å²) in [7, 11) is 0. The quantitative estimate of drug-likeness (QED) is 0.834. The van der Waals surface area contributed by atoms with E-state index in [1.807, 2.05) is 12.1 Å². The molecule has 1 atom stereocenters. The molecule has 2 N–H and O–H groups in total. The predicted octanol–water partition coefficient (Wildman–Crippen LogP) is 3.16. The molecular weight excluding hydrogens is 226 g/mol. The van der Waals surface area contributed by atoms with E-state index in [4.69, 9.17) is 15.2 Å². The minimum atomic E-state index is -0.0324. The van der Waals surface area contributed by atoms with Gasteiger partial charge in [0.15, 0.2) is 6.29 Å². The maximum Gasteiger partial charge on any atom is 0.160 e. The van der Waals surface area contributed by atoms with E-state index in [-0.39, 0.29) is 6.29 Å². The first-order valence-corrected chi connectivity index (χ1v) is 6.79. The van der Waals surface area contributed by atoms with E-state index in [1.165, 1.54) is 12.0 Å². The molecule has 1 aliphatic heterocycles. The van der Waals surface area contributed by atoms with Crippen LogP contribution in [-0.2, 0) is 9.47 Å². The summed E-state index contributed by atoms with van der Waals surface area (Å²) in [5.74, 6) is 0.804. The Balaban J connectivity index is 1.88. The zero-order chi connectivity index (χ0) is 13.0. The van der Waals surface area contributed by atoms with Crippen molar-refractivity contribution in [2.45, 2.75) is 38.9 Å². The molecule has 0 spiro atoms. The monoisotopic (exact) mass is 249 g/mol. The Bertz CT molecular complexity index is 355. The van der Waals surface area contributed by atoms with Gasteiger partial charge < -0.3 is 15.2 Å². The van der Waals surface area contributed by atoms with Crippen molar-refractivity contribution >= 4 is 5.69 Å². The van der Waals surface area contributed by atoms with Crippen molar-refractivity contribution in [1.82, 2.24) is 0 Å². The van der Waals surface area contributed by atoms with Crippen molar-refractivity contribution in [3.05, 3.63) is 29.8 Å². The summed E-state index contributed by atoms with van der Waals surface area (Å²) in [6.45, 7) is 5.86. The molecule has 1 unspecified atom stereocenters.